The molecular weight excluding hydrogens is 554 g/mol. The van der Waals surface area contributed by atoms with Crippen LogP contribution in [0.2, 0.25) is 5.02 Å². The van der Waals surface area contributed by atoms with E-state index in [1.165, 1.54) is 0 Å². The lowest BCUT2D eigenvalue weighted by atomic mass is 10.0. The molecule has 0 radical (unpaired) electrons. The molecule has 8 heteroatoms. The van der Waals surface area contributed by atoms with E-state index in [4.69, 9.17) is 11.6 Å². The zero-order chi connectivity index (χ0) is 28.7. The lowest BCUT2D eigenvalue weighted by molar-refractivity contribution is 0.0746. The van der Waals surface area contributed by atoms with E-state index in [2.05, 4.69) is 11.0 Å². The minimum Gasteiger partial charge on any atom is -0.368 e. The molecule has 2 aliphatic rings. The summed E-state index contributed by atoms with van der Waals surface area (Å²) < 4.78 is 13.8. The molecule has 0 N–H and O–H groups in total. The van der Waals surface area contributed by atoms with Gasteiger partial charge in [-0.15, -0.1) is 0 Å². The smallest absolute Gasteiger partial charge is 0.259 e. The molecule has 1 fully saturated rings. The minimum atomic E-state index is -1.58. The summed E-state index contributed by atoms with van der Waals surface area (Å²) in [6.45, 7) is 6.85. The minimum absolute atomic E-state index is 0.106. The third-order valence-corrected chi connectivity index (χ3v) is 9.57. The van der Waals surface area contributed by atoms with Crippen LogP contribution >= 0.6 is 11.6 Å². The first-order valence-electron chi connectivity index (χ1n) is 13.6. The second kappa shape index (κ2) is 11.1. The van der Waals surface area contributed by atoms with Crippen LogP contribution in [0, 0.1) is 13.8 Å². The molecule has 1 atom stereocenters. The summed E-state index contributed by atoms with van der Waals surface area (Å²) in [6.07, 6.45) is 0. The Kier molecular flexibility index (Phi) is 7.41. The van der Waals surface area contributed by atoms with Crippen molar-refractivity contribution in [2.75, 3.05) is 36.0 Å². The number of carbonyl (C=O) groups is 2. The summed E-state index contributed by atoms with van der Waals surface area (Å²) in [6, 6.07) is 26.2. The van der Waals surface area contributed by atoms with Gasteiger partial charge >= 0.3 is 0 Å². The number of piperazine rings is 1. The molecule has 0 aliphatic carbocycles. The molecule has 2 amide bonds. The van der Waals surface area contributed by atoms with E-state index in [9.17, 15) is 13.8 Å². The van der Waals surface area contributed by atoms with Gasteiger partial charge in [0.1, 0.15) is 0 Å². The van der Waals surface area contributed by atoms with Gasteiger partial charge in [-0.3, -0.25) is 9.59 Å². The summed E-state index contributed by atoms with van der Waals surface area (Å²) in [5.41, 5.74) is 5.60. The maximum absolute atomic E-state index is 14.0. The van der Waals surface area contributed by atoms with Crippen LogP contribution in [0.15, 0.2) is 94.7 Å². The van der Waals surface area contributed by atoms with Crippen LogP contribution in [0.1, 0.15) is 37.4 Å². The van der Waals surface area contributed by atoms with Gasteiger partial charge in [0.25, 0.3) is 11.8 Å². The van der Waals surface area contributed by atoms with Gasteiger partial charge in [0, 0.05) is 42.5 Å². The molecule has 0 bridgehead atoms. The van der Waals surface area contributed by atoms with E-state index in [1.54, 1.807) is 47.4 Å². The van der Waals surface area contributed by atoms with E-state index in [0.717, 1.165) is 22.4 Å². The fraction of sp³-hybridized carbons (Fsp3) is 0.212. The van der Waals surface area contributed by atoms with Gasteiger partial charge in [-0.2, -0.15) is 0 Å². The summed E-state index contributed by atoms with van der Waals surface area (Å²) in [7, 11) is -1.58. The van der Waals surface area contributed by atoms with E-state index in [0.29, 0.717) is 64.4 Å². The molecule has 41 heavy (non-hydrogen) atoms. The molecule has 2 aliphatic heterocycles. The molecule has 2 heterocycles. The van der Waals surface area contributed by atoms with Crippen molar-refractivity contribution in [3.63, 3.8) is 0 Å². The molecule has 0 saturated carbocycles. The normalized spacial score (nSPS) is 16.7. The first kappa shape index (κ1) is 27.2. The number of hydrogen-bond acceptors (Lipinski definition) is 4. The van der Waals surface area contributed by atoms with Crippen LogP contribution in [-0.2, 0) is 17.3 Å². The highest BCUT2D eigenvalue weighted by Crippen LogP contribution is 2.37. The van der Waals surface area contributed by atoms with Crippen molar-refractivity contribution < 1.29 is 13.8 Å². The molecular formula is C33H30ClN3O3S. The third kappa shape index (κ3) is 5.27. The SMILES string of the molecule is Cc1ccc(C)c(CN2C(=O)c3ccccc3[S@](=O)c3ccc(C(=O)N4CCN(c5cccc(Cl)c5)CC4)cc32)c1. The second-order valence-electron chi connectivity index (χ2n) is 10.5. The van der Waals surface area contributed by atoms with Gasteiger partial charge in [-0.25, -0.2) is 4.21 Å². The van der Waals surface area contributed by atoms with Crippen LogP contribution in [0.5, 0.6) is 0 Å². The molecule has 0 aromatic heterocycles. The highest BCUT2D eigenvalue weighted by molar-refractivity contribution is 7.85. The van der Waals surface area contributed by atoms with Crippen LogP contribution in [0.3, 0.4) is 0 Å². The Balaban J connectivity index is 1.34. The molecule has 208 valence electrons. The van der Waals surface area contributed by atoms with Gasteiger partial charge in [0.15, 0.2) is 0 Å². The molecule has 6 rings (SSSR count). The van der Waals surface area contributed by atoms with Gasteiger partial charge in [-0.1, -0.05) is 53.6 Å². The number of anilines is 2. The Morgan fingerprint density at radius 3 is 2.41 bits per heavy atom. The maximum atomic E-state index is 14.0. The molecule has 1 saturated heterocycles. The Labute approximate surface area is 247 Å². The van der Waals surface area contributed by atoms with Crippen molar-refractivity contribution in [3.05, 3.63) is 118 Å². The third-order valence-electron chi connectivity index (χ3n) is 7.83. The van der Waals surface area contributed by atoms with Crippen LogP contribution < -0.4 is 9.80 Å². The van der Waals surface area contributed by atoms with Crippen molar-refractivity contribution in [1.82, 2.24) is 4.90 Å². The summed E-state index contributed by atoms with van der Waals surface area (Å²) >= 11 is 6.18. The molecule has 4 aromatic carbocycles. The van der Waals surface area contributed by atoms with Crippen LogP contribution in [0.25, 0.3) is 0 Å². The Morgan fingerprint density at radius 1 is 0.854 bits per heavy atom. The monoisotopic (exact) mass is 583 g/mol. The predicted molar refractivity (Wildman–Crippen MR) is 164 cm³/mol. The number of carbonyl (C=O) groups excluding carboxylic acids is 2. The first-order valence-corrected chi connectivity index (χ1v) is 15.2. The van der Waals surface area contributed by atoms with Crippen molar-refractivity contribution in [2.24, 2.45) is 0 Å². The average molecular weight is 584 g/mol. The van der Waals surface area contributed by atoms with E-state index in [1.807, 2.05) is 55.1 Å². The maximum Gasteiger partial charge on any atom is 0.259 e. The standard InChI is InChI=1S/C33H30ClN3O3S/c1-22-10-11-23(2)25(18-22)21-37-29-19-24(12-13-31(29)41(40)30-9-4-3-8-28(30)33(37)39)32(38)36-16-14-35(15-17-36)27-7-5-6-26(34)20-27/h3-13,18-20H,14-17,21H2,1-2H3/t41-/m0/s1. The first-order chi connectivity index (χ1) is 19.8. The molecule has 0 unspecified atom stereocenters. The van der Waals surface area contributed by atoms with E-state index in [-0.39, 0.29) is 11.8 Å². The second-order valence-corrected chi connectivity index (χ2v) is 12.4. The van der Waals surface area contributed by atoms with Crippen LogP contribution in [0.4, 0.5) is 11.4 Å². The van der Waals surface area contributed by atoms with E-state index >= 15 is 0 Å². The number of fused-ring (bicyclic) bond motifs is 2. The lowest BCUT2D eigenvalue weighted by Gasteiger charge is -2.36. The van der Waals surface area contributed by atoms with Gasteiger partial charge in [0.05, 0.1) is 38.4 Å². The predicted octanol–water partition coefficient (Wildman–Crippen LogP) is 6.25. The molecule has 0 spiro atoms. The van der Waals surface area contributed by atoms with Crippen molar-refractivity contribution >= 4 is 45.6 Å². The number of hydrogen-bond donors (Lipinski definition) is 0. The number of rotatable bonds is 4. The van der Waals surface area contributed by atoms with Crippen molar-refractivity contribution in [3.8, 4) is 0 Å². The van der Waals surface area contributed by atoms with E-state index < -0.39 is 10.8 Å². The fourth-order valence-corrected chi connectivity index (χ4v) is 7.05. The Morgan fingerprint density at radius 2 is 1.63 bits per heavy atom. The number of nitrogens with zero attached hydrogens (tertiary/aromatic N) is 3. The summed E-state index contributed by atoms with van der Waals surface area (Å²) in [5.74, 6) is -0.335. The molecule has 6 nitrogen and oxygen atoms in total. The number of halogens is 1. The topological polar surface area (TPSA) is 60.9 Å². The summed E-state index contributed by atoms with van der Waals surface area (Å²) in [5, 5.41) is 0.686. The number of amides is 2. The lowest BCUT2D eigenvalue weighted by Crippen LogP contribution is -2.48. The average Bonchev–Trinajstić information content (AvgIpc) is 3.08. The van der Waals surface area contributed by atoms with Gasteiger partial charge in [-0.05, 0) is 73.5 Å². The quantitative estimate of drug-likeness (QED) is 0.285. The highest BCUT2D eigenvalue weighted by Gasteiger charge is 2.32. The zero-order valence-corrected chi connectivity index (χ0v) is 24.5. The number of aryl methyl sites for hydroxylation is 2. The highest BCUT2D eigenvalue weighted by atomic mass is 35.5. The fourth-order valence-electron chi connectivity index (χ4n) is 5.52. The molecule has 4 aromatic rings. The Hall–Kier alpha value is -3.94. The largest absolute Gasteiger partial charge is 0.368 e. The van der Waals surface area contributed by atoms with Gasteiger partial charge in [0.2, 0.25) is 0 Å². The summed E-state index contributed by atoms with van der Waals surface area (Å²) in [4.78, 5) is 34.5. The van der Waals surface area contributed by atoms with Crippen LogP contribution in [-0.4, -0.2) is 47.1 Å². The van der Waals surface area contributed by atoms with Gasteiger partial charge < -0.3 is 14.7 Å². The number of benzene rings is 4. The van der Waals surface area contributed by atoms with Crippen molar-refractivity contribution in [1.29, 1.82) is 0 Å². The zero-order valence-electron chi connectivity index (χ0n) is 23.0. The van der Waals surface area contributed by atoms with Crippen molar-refractivity contribution in [2.45, 2.75) is 30.2 Å². The Bertz CT molecular complexity index is 1700.